The summed E-state index contributed by atoms with van der Waals surface area (Å²) in [7, 11) is 0. The van der Waals surface area contributed by atoms with Crippen LogP contribution >= 0.6 is 11.8 Å². The molecule has 0 spiro atoms. The van der Waals surface area contributed by atoms with Crippen molar-refractivity contribution in [2.24, 2.45) is 0 Å². The lowest BCUT2D eigenvalue weighted by molar-refractivity contribution is -0.125. The first-order chi connectivity index (χ1) is 7.77. The lowest BCUT2D eigenvalue weighted by Crippen LogP contribution is -2.33. The van der Waals surface area contributed by atoms with E-state index in [2.05, 4.69) is 0 Å². The molecule has 3 nitrogen and oxygen atoms in total. The lowest BCUT2D eigenvalue weighted by atomic mass is 10.1. The molecular formula is C12H11NO2S. The molecule has 0 unspecified atom stereocenters. The number of thioether (sulfide) groups is 1. The smallest absolute Gasteiger partial charge is 0.237 e. The topological polar surface area (TPSA) is 37.4 Å². The van der Waals surface area contributed by atoms with Crippen LogP contribution < -0.4 is 0 Å². The minimum absolute atomic E-state index is 0.0169. The standard InChI is InChI=1S/C12H11NO2S/c14-11(10-4-2-1-3-5-10)8-13-6-7-16-9-12(13)15/h1-7H,8-9H2. The lowest BCUT2D eigenvalue weighted by Gasteiger charge is -2.20. The maximum Gasteiger partial charge on any atom is 0.237 e. The first-order valence-electron chi connectivity index (χ1n) is 4.93. The molecule has 1 aromatic carbocycles. The molecule has 4 heteroatoms. The minimum atomic E-state index is -0.0366. The van der Waals surface area contributed by atoms with E-state index in [0.717, 1.165) is 0 Å². The van der Waals surface area contributed by atoms with Crippen molar-refractivity contribution in [1.82, 2.24) is 4.90 Å². The molecule has 1 amide bonds. The summed E-state index contributed by atoms with van der Waals surface area (Å²) >= 11 is 1.45. The Labute approximate surface area is 98.1 Å². The third-order valence-corrected chi connectivity index (χ3v) is 3.00. The first kappa shape index (κ1) is 11.0. The van der Waals surface area contributed by atoms with Crippen LogP contribution in [0, 0.1) is 0 Å². The molecule has 0 saturated heterocycles. The summed E-state index contributed by atoms with van der Waals surface area (Å²) in [5.41, 5.74) is 0.641. The van der Waals surface area contributed by atoms with E-state index < -0.39 is 0 Å². The Bertz CT molecular complexity index is 428. The molecule has 82 valence electrons. The Morgan fingerprint density at radius 2 is 2.06 bits per heavy atom. The molecule has 1 aliphatic rings. The van der Waals surface area contributed by atoms with Gasteiger partial charge in [-0.25, -0.2) is 0 Å². The molecule has 0 N–H and O–H groups in total. The van der Waals surface area contributed by atoms with Crippen molar-refractivity contribution in [2.45, 2.75) is 0 Å². The average Bonchev–Trinajstić information content (AvgIpc) is 2.33. The summed E-state index contributed by atoms with van der Waals surface area (Å²) in [6, 6.07) is 9.01. The number of nitrogens with zero attached hydrogens (tertiary/aromatic N) is 1. The fraction of sp³-hybridized carbons (Fsp3) is 0.167. The normalized spacial score (nSPS) is 15.2. The van der Waals surface area contributed by atoms with Crippen molar-refractivity contribution in [3.63, 3.8) is 0 Å². The molecule has 1 aliphatic heterocycles. The van der Waals surface area contributed by atoms with Gasteiger partial charge in [-0.05, 0) is 5.41 Å². The van der Waals surface area contributed by atoms with Gasteiger partial charge in [-0.15, -0.1) is 11.8 Å². The summed E-state index contributed by atoms with van der Waals surface area (Å²) < 4.78 is 0. The highest BCUT2D eigenvalue weighted by Crippen LogP contribution is 2.13. The SMILES string of the molecule is O=C(CN1C=CSCC1=O)c1ccccc1. The van der Waals surface area contributed by atoms with Crippen LogP contribution in [0.3, 0.4) is 0 Å². The van der Waals surface area contributed by atoms with Crippen molar-refractivity contribution >= 4 is 23.5 Å². The number of ketones is 1. The highest BCUT2D eigenvalue weighted by molar-refractivity contribution is 8.02. The van der Waals surface area contributed by atoms with Gasteiger partial charge in [-0.2, -0.15) is 0 Å². The summed E-state index contributed by atoms with van der Waals surface area (Å²) in [6.45, 7) is 0.125. The van der Waals surface area contributed by atoms with E-state index in [1.165, 1.54) is 16.7 Å². The van der Waals surface area contributed by atoms with Crippen LogP contribution in [-0.4, -0.2) is 28.9 Å². The van der Waals surface area contributed by atoms with Gasteiger partial charge in [0.15, 0.2) is 5.78 Å². The van der Waals surface area contributed by atoms with Gasteiger partial charge < -0.3 is 4.90 Å². The fourth-order valence-corrected chi connectivity index (χ4v) is 2.05. The predicted molar refractivity (Wildman–Crippen MR) is 64.1 cm³/mol. The average molecular weight is 233 g/mol. The van der Waals surface area contributed by atoms with E-state index in [9.17, 15) is 9.59 Å². The Morgan fingerprint density at radius 1 is 1.31 bits per heavy atom. The predicted octanol–water partition coefficient (Wildman–Crippen LogP) is 1.92. The molecule has 0 bridgehead atoms. The minimum Gasteiger partial charge on any atom is -0.310 e. The number of amides is 1. The number of Topliss-reactive ketones (excluding diaryl/α,β-unsaturated/α-hetero) is 1. The van der Waals surface area contributed by atoms with Crippen LogP contribution in [0.4, 0.5) is 0 Å². The molecule has 0 aromatic heterocycles. The molecule has 16 heavy (non-hydrogen) atoms. The Kier molecular flexibility index (Phi) is 3.41. The highest BCUT2D eigenvalue weighted by atomic mass is 32.2. The third kappa shape index (κ3) is 2.52. The summed E-state index contributed by atoms with van der Waals surface area (Å²) in [5, 5.41) is 1.83. The molecule has 1 aromatic rings. The number of carbonyl (C=O) groups excluding carboxylic acids is 2. The quantitative estimate of drug-likeness (QED) is 0.748. The van der Waals surface area contributed by atoms with Gasteiger partial charge in [0.2, 0.25) is 5.91 Å². The molecule has 0 atom stereocenters. The van der Waals surface area contributed by atoms with Gasteiger partial charge in [0.1, 0.15) is 0 Å². The van der Waals surface area contributed by atoms with Crippen LogP contribution in [0.5, 0.6) is 0 Å². The zero-order chi connectivity index (χ0) is 11.4. The maximum absolute atomic E-state index is 11.8. The van der Waals surface area contributed by atoms with Gasteiger partial charge in [-0.3, -0.25) is 9.59 Å². The van der Waals surface area contributed by atoms with Crippen molar-refractivity contribution in [1.29, 1.82) is 0 Å². The number of rotatable bonds is 3. The zero-order valence-corrected chi connectivity index (χ0v) is 9.44. The Hall–Kier alpha value is -1.55. The van der Waals surface area contributed by atoms with Gasteiger partial charge in [0.25, 0.3) is 0 Å². The van der Waals surface area contributed by atoms with Crippen molar-refractivity contribution in [2.75, 3.05) is 12.3 Å². The first-order valence-corrected chi connectivity index (χ1v) is 5.98. The van der Waals surface area contributed by atoms with Crippen LogP contribution in [0.2, 0.25) is 0 Å². The second kappa shape index (κ2) is 4.99. The zero-order valence-electron chi connectivity index (χ0n) is 8.63. The van der Waals surface area contributed by atoms with Gasteiger partial charge >= 0.3 is 0 Å². The number of benzene rings is 1. The fourth-order valence-electron chi connectivity index (χ4n) is 1.41. The van der Waals surface area contributed by atoms with Crippen LogP contribution in [-0.2, 0) is 4.79 Å². The number of hydrogen-bond acceptors (Lipinski definition) is 3. The van der Waals surface area contributed by atoms with Crippen LogP contribution in [0.15, 0.2) is 41.9 Å². The van der Waals surface area contributed by atoms with E-state index in [1.807, 2.05) is 23.6 Å². The van der Waals surface area contributed by atoms with Crippen molar-refractivity contribution in [3.05, 3.63) is 47.5 Å². The van der Waals surface area contributed by atoms with Crippen LogP contribution in [0.25, 0.3) is 0 Å². The molecule has 0 aliphatic carbocycles. The highest BCUT2D eigenvalue weighted by Gasteiger charge is 2.17. The van der Waals surface area contributed by atoms with Crippen LogP contribution in [0.1, 0.15) is 10.4 Å². The maximum atomic E-state index is 11.8. The molecule has 0 fully saturated rings. The van der Waals surface area contributed by atoms with E-state index in [0.29, 0.717) is 11.3 Å². The molecule has 2 rings (SSSR count). The monoisotopic (exact) mass is 233 g/mol. The second-order valence-electron chi connectivity index (χ2n) is 3.41. The van der Waals surface area contributed by atoms with Gasteiger partial charge in [-0.1, -0.05) is 30.3 Å². The summed E-state index contributed by atoms with van der Waals surface area (Å²) in [5.74, 6) is 0.362. The summed E-state index contributed by atoms with van der Waals surface area (Å²) in [6.07, 6.45) is 1.66. The molecule has 1 heterocycles. The van der Waals surface area contributed by atoms with Gasteiger partial charge in [0.05, 0.1) is 12.3 Å². The largest absolute Gasteiger partial charge is 0.310 e. The van der Waals surface area contributed by atoms with Crippen molar-refractivity contribution in [3.8, 4) is 0 Å². The number of carbonyl (C=O) groups is 2. The van der Waals surface area contributed by atoms with Gasteiger partial charge in [0, 0.05) is 11.8 Å². The Morgan fingerprint density at radius 3 is 2.75 bits per heavy atom. The molecule has 0 radical (unpaired) electrons. The van der Waals surface area contributed by atoms with Crippen molar-refractivity contribution < 1.29 is 9.59 Å². The van der Waals surface area contributed by atoms with E-state index >= 15 is 0 Å². The Balaban J connectivity index is 2.05. The van der Waals surface area contributed by atoms with E-state index in [4.69, 9.17) is 0 Å². The second-order valence-corrected chi connectivity index (χ2v) is 4.30. The third-order valence-electron chi connectivity index (χ3n) is 2.27. The molecule has 0 saturated carbocycles. The van der Waals surface area contributed by atoms with E-state index in [-0.39, 0.29) is 18.2 Å². The number of hydrogen-bond donors (Lipinski definition) is 0. The summed E-state index contributed by atoms with van der Waals surface area (Å²) in [4.78, 5) is 24.8. The molecular weight excluding hydrogens is 222 g/mol. The van der Waals surface area contributed by atoms with E-state index in [1.54, 1.807) is 18.3 Å².